The van der Waals surface area contributed by atoms with Crippen LogP contribution in [0.4, 0.5) is 5.13 Å². The highest BCUT2D eigenvalue weighted by Gasteiger charge is 2.39. The number of carbonyl (C=O) groups is 2. The third-order valence-corrected chi connectivity index (χ3v) is 6.18. The number of anilines is 1. The van der Waals surface area contributed by atoms with E-state index in [4.69, 9.17) is 4.42 Å². The molecule has 0 aliphatic rings. The highest BCUT2D eigenvalue weighted by Crippen LogP contribution is 2.42. The Balaban J connectivity index is 1.72. The van der Waals surface area contributed by atoms with Crippen LogP contribution in [-0.4, -0.2) is 22.0 Å². The Kier molecular flexibility index (Phi) is 5.92. The van der Waals surface area contributed by atoms with Crippen molar-refractivity contribution in [2.24, 2.45) is 5.41 Å². The summed E-state index contributed by atoms with van der Waals surface area (Å²) < 4.78 is 5.41. The lowest BCUT2D eigenvalue weighted by atomic mass is 9.70. The van der Waals surface area contributed by atoms with E-state index in [1.165, 1.54) is 23.7 Å². The molecule has 4 rings (SSSR count). The lowest BCUT2D eigenvalue weighted by Gasteiger charge is -2.34. The Hall–Kier alpha value is -3.71. The zero-order valence-corrected chi connectivity index (χ0v) is 18.4. The minimum Gasteiger partial charge on any atom is -0.478 e. The van der Waals surface area contributed by atoms with Gasteiger partial charge in [-0.25, -0.2) is 9.78 Å². The number of carboxylic acids is 1. The Bertz CT molecular complexity index is 1210. The summed E-state index contributed by atoms with van der Waals surface area (Å²) in [6, 6.07) is 18.8. The van der Waals surface area contributed by atoms with Crippen LogP contribution in [0.15, 0.2) is 82.9 Å². The summed E-state index contributed by atoms with van der Waals surface area (Å²) >= 11 is 1.37. The second-order valence-corrected chi connectivity index (χ2v) is 8.84. The normalized spacial score (nSPS) is 12.3. The molecule has 2 aromatic carbocycles. The van der Waals surface area contributed by atoms with E-state index in [0.29, 0.717) is 16.5 Å². The molecule has 6 nitrogen and oxygen atoms in total. The number of nitrogens with one attached hydrogen (secondary N) is 1. The molecule has 0 spiro atoms. The molecule has 32 heavy (non-hydrogen) atoms. The molecule has 0 radical (unpaired) electrons. The van der Waals surface area contributed by atoms with Gasteiger partial charge >= 0.3 is 5.97 Å². The molecule has 7 heteroatoms. The van der Waals surface area contributed by atoms with Gasteiger partial charge in [0, 0.05) is 23.1 Å². The van der Waals surface area contributed by atoms with Gasteiger partial charge in [0.2, 0.25) is 5.91 Å². The maximum absolute atomic E-state index is 13.3. The minimum atomic E-state index is -1.04. The van der Waals surface area contributed by atoms with Crippen LogP contribution >= 0.6 is 11.3 Å². The fourth-order valence-corrected chi connectivity index (χ4v) is 4.40. The number of carbonyl (C=O) groups excluding carboxylic acids is 1. The molecule has 4 aromatic rings. The Morgan fingerprint density at radius 2 is 1.72 bits per heavy atom. The summed E-state index contributed by atoms with van der Waals surface area (Å²) in [5.41, 5.74) is 1.91. The minimum absolute atomic E-state index is 0.112. The van der Waals surface area contributed by atoms with E-state index < -0.39 is 11.4 Å². The number of amides is 1. The van der Waals surface area contributed by atoms with Crippen LogP contribution in [0.3, 0.4) is 0 Å². The largest absolute Gasteiger partial charge is 0.478 e. The summed E-state index contributed by atoms with van der Waals surface area (Å²) in [5, 5.41) is 14.7. The summed E-state index contributed by atoms with van der Waals surface area (Å²) in [4.78, 5) is 28.9. The van der Waals surface area contributed by atoms with Crippen molar-refractivity contribution in [2.75, 3.05) is 5.32 Å². The van der Waals surface area contributed by atoms with Crippen LogP contribution in [-0.2, 0) is 4.79 Å². The van der Waals surface area contributed by atoms with Crippen LogP contribution in [0, 0.1) is 5.41 Å². The van der Waals surface area contributed by atoms with Crippen LogP contribution in [0.2, 0.25) is 0 Å². The monoisotopic (exact) mass is 446 g/mol. The summed E-state index contributed by atoms with van der Waals surface area (Å²) in [5.74, 6) is -1.11. The van der Waals surface area contributed by atoms with Gasteiger partial charge in [-0.3, -0.25) is 4.79 Å². The van der Waals surface area contributed by atoms with Crippen LogP contribution < -0.4 is 5.32 Å². The van der Waals surface area contributed by atoms with Gasteiger partial charge in [0.25, 0.3) is 0 Å². The first-order valence-corrected chi connectivity index (χ1v) is 10.9. The van der Waals surface area contributed by atoms with Gasteiger partial charge in [-0.15, -0.1) is 11.3 Å². The lowest BCUT2D eigenvalue weighted by Crippen LogP contribution is -2.37. The molecule has 2 heterocycles. The highest BCUT2D eigenvalue weighted by atomic mass is 32.1. The molecule has 0 saturated carbocycles. The number of rotatable bonds is 7. The molecule has 1 atom stereocenters. The first-order chi connectivity index (χ1) is 15.4. The first-order valence-electron chi connectivity index (χ1n) is 10.0. The van der Waals surface area contributed by atoms with Crippen LogP contribution in [0.5, 0.6) is 0 Å². The van der Waals surface area contributed by atoms with Crippen molar-refractivity contribution < 1.29 is 19.1 Å². The van der Waals surface area contributed by atoms with Gasteiger partial charge in [-0.1, -0.05) is 68.4 Å². The summed E-state index contributed by atoms with van der Waals surface area (Å²) in [6.07, 6.45) is 3.02. The van der Waals surface area contributed by atoms with E-state index in [1.807, 2.05) is 73.8 Å². The van der Waals surface area contributed by atoms with Crippen LogP contribution in [0.25, 0.3) is 11.3 Å². The second-order valence-electron chi connectivity index (χ2n) is 7.95. The quantitative estimate of drug-likeness (QED) is 0.369. The van der Waals surface area contributed by atoms with Crippen molar-refractivity contribution in [3.8, 4) is 11.3 Å². The SMILES string of the molecule is CC(C)(C(=O)Nc1nccs1)[C@H](c1ccccc1)c1ccc(-c2occc2C(=O)O)cc1. The van der Waals surface area contributed by atoms with Gasteiger partial charge in [-0.05, 0) is 17.2 Å². The van der Waals surface area contributed by atoms with Crippen molar-refractivity contribution in [1.29, 1.82) is 0 Å². The third-order valence-electron chi connectivity index (χ3n) is 5.49. The molecule has 0 bridgehead atoms. The van der Waals surface area contributed by atoms with Gasteiger partial charge in [0.1, 0.15) is 11.3 Å². The Morgan fingerprint density at radius 1 is 1.03 bits per heavy atom. The van der Waals surface area contributed by atoms with Crippen molar-refractivity contribution in [3.05, 3.63) is 95.2 Å². The van der Waals surface area contributed by atoms with E-state index in [0.717, 1.165) is 11.1 Å². The predicted molar refractivity (Wildman–Crippen MR) is 124 cm³/mol. The number of benzene rings is 2. The number of furan rings is 1. The van der Waals surface area contributed by atoms with E-state index in [1.54, 1.807) is 6.20 Å². The highest BCUT2D eigenvalue weighted by molar-refractivity contribution is 7.13. The molecule has 162 valence electrons. The molecule has 2 aromatic heterocycles. The van der Waals surface area contributed by atoms with E-state index in [-0.39, 0.29) is 17.4 Å². The molecule has 0 saturated heterocycles. The van der Waals surface area contributed by atoms with E-state index >= 15 is 0 Å². The number of hydrogen-bond acceptors (Lipinski definition) is 5. The molecule has 0 aliphatic carbocycles. The molecular weight excluding hydrogens is 424 g/mol. The molecule has 0 unspecified atom stereocenters. The zero-order chi connectivity index (χ0) is 22.7. The number of hydrogen-bond donors (Lipinski definition) is 2. The molecular formula is C25H22N2O4S. The standard InChI is InChI=1S/C25H22N2O4S/c1-25(2,23(30)27-24-26-13-15-32-24)20(16-6-4-3-5-7-16)17-8-10-18(11-9-17)21-19(22(28)29)12-14-31-21/h3-15,20H,1-2H3,(H,28,29)(H,26,27,30)/t20-/m1/s1. The molecule has 0 aliphatic heterocycles. The fraction of sp³-hybridized carbons (Fsp3) is 0.160. The Morgan fingerprint density at radius 3 is 2.34 bits per heavy atom. The average Bonchev–Trinajstić information content (AvgIpc) is 3.47. The summed E-state index contributed by atoms with van der Waals surface area (Å²) in [7, 11) is 0. The van der Waals surface area contributed by atoms with E-state index in [9.17, 15) is 14.7 Å². The predicted octanol–water partition coefficient (Wildman–Crippen LogP) is 5.90. The van der Waals surface area contributed by atoms with Crippen molar-refractivity contribution >= 4 is 28.3 Å². The van der Waals surface area contributed by atoms with E-state index in [2.05, 4.69) is 10.3 Å². The number of nitrogens with zero attached hydrogens (tertiary/aromatic N) is 1. The zero-order valence-electron chi connectivity index (χ0n) is 17.6. The fourth-order valence-electron chi connectivity index (χ4n) is 3.87. The van der Waals surface area contributed by atoms with Gasteiger partial charge in [0.05, 0.1) is 11.7 Å². The van der Waals surface area contributed by atoms with Gasteiger partial charge in [-0.2, -0.15) is 0 Å². The first kappa shape index (κ1) is 21.5. The number of aromatic nitrogens is 1. The Labute approximate surface area is 189 Å². The molecule has 1 amide bonds. The van der Waals surface area contributed by atoms with Gasteiger partial charge in [0.15, 0.2) is 5.13 Å². The number of carboxylic acid groups (broad SMARTS) is 1. The topological polar surface area (TPSA) is 92.4 Å². The second kappa shape index (κ2) is 8.80. The van der Waals surface area contributed by atoms with Crippen molar-refractivity contribution in [1.82, 2.24) is 4.98 Å². The molecule has 0 fully saturated rings. The van der Waals surface area contributed by atoms with Crippen molar-refractivity contribution in [2.45, 2.75) is 19.8 Å². The number of aromatic carboxylic acids is 1. The maximum atomic E-state index is 13.3. The van der Waals surface area contributed by atoms with Gasteiger partial charge < -0.3 is 14.8 Å². The number of thiazole rings is 1. The maximum Gasteiger partial charge on any atom is 0.339 e. The average molecular weight is 447 g/mol. The van der Waals surface area contributed by atoms with Crippen LogP contribution in [0.1, 0.15) is 41.3 Å². The van der Waals surface area contributed by atoms with Crippen molar-refractivity contribution in [3.63, 3.8) is 0 Å². The summed E-state index contributed by atoms with van der Waals surface area (Å²) in [6.45, 7) is 3.83. The smallest absolute Gasteiger partial charge is 0.339 e. The third kappa shape index (κ3) is 4.20. The lowest BCUT2D eigenvalue weighted by molar-refractivity contribution is -0.124. The molecule has 2 N–H and O–H groups in total.